The Morgan fingerprint density at radius 1 is 0.411 bits per heavy atom. The average molecular weight is 759 g/mol. The first-order valence-corrected chi connectivity index (χ1v) is 17.9. The molecule has 6 aromatic rings. The smallest absolute Gasteiger partial charge is 0.308 e. The van der Waals surface area contributed by atoms with Crippen LogP contribution in [0.4, 0.5) is 0 Å². The highest BCUT2D eigenvalue weighted by Gasteiger charge is 2.29. The number of rotatable bonds is 11. The molecule has 0 aliphatic rings. The number of carbonyl (C=O) groups excluding carboxylic acids is 2. The maximum absolute atomic E-state index is 13.1. The molecule has 0 aliphatic heterocycles. The molecule has 0 N–H and O–H groups in total. The summed E-state index contributed by atoms with van der Waals surface area (Å²) < 4.78 is 47.7. The molecule has 0 aliphatic carbocycles. The van der Waals surface area contributed by atoms with E-state index >= 15 is 0 Å². The van der Waals surface area contributed by atoms with Crippen molar-refractivity contribution in [2.24, 2.45) is 0 Å². The van der Waals surface area contributed by atoms with Crippen molar-refractivity contribution in [3.63, 3.8) is 0 Å². The zero-order chi connectivity index (χ0) is 40.6. The molecule has 10 heteroatoms. The molecule has 0 saturated carbocycles. The van der Waals surface area contributed by atoms with Gasteiger partial charge in [0.05, 0.1) is 53.4 Å². The lowest BCUT2D eigenvalue weighted by Gasteiger charge is -2.24. The number of hydrogen-bond donors (Lipinski definition) is 0. The van der Waals surface area contributed by atoms with Crippen LogP contribution >= 0.6 is 0 Å². The maximum Gasteiger partial charge on any atom is 0.308 e. The second-order valence-electron chi connectivity index (χ2n) is 13.6. The fourth-order valence-electron chi connectivity index (χ4n) is 7.57. The lowest BCUT2D eigenvalue weighted by atomic mass is 9.85. The quantitative estimate of drug-likeness (QED) is 0.0936. The number of carbonyl (C=O) groups is 2. The molecule has 6 aromatic carbocycles. The molecule has 0 amide bonds. The highest BCUT2D eigenvalue weighted by molar-refractivity contribution is 6.14. The van der Waals surface area contributed by atoms with Gasteiger partial charge in [0.2, 0.25) is 0 Å². The van der Waals surface area contributed by atoms with Crippen molar-refractivity contribution in [1.29, 1.82) is 0 Å². The standard InChI is InChI=1S/C46H46O10/c1-23-13-31-33(41-25(3)17-29(49-7)19-39(41)53-11)21-35(45(55-27(5)47)43(31)37(15-23)51-9)36-22-34(42-26(4)18-30(50-8)20-40(42)54-12)32-14-24(2)16-38(52-10)44(32)46(36)56-28(6)48/h13-22H,1-12H3. The number of aryl methyl sites for hydroxylation is 4. The maximum atomic E-state index is 13.1. The minimum Gasteiger partial charge on any atom is -0.497 e. The molecule has 0 spiro atoms. The molecule has 0 bridgehead atoms. The van der Waals surface area contributed by atoms with Crippen LogP contribution < -0.4 is 37.9 Å². The van der Waals surface area contributed by atoms with E-state index in [1.54, 1.807) is 42.7 Å². The Morgan fingerprint density at radius 3 is 1.07 bits per heavy atom. The van der Waals surface area contributed by atoms with Gasteiger partial charge in [0.15, 0.2) is 0 Å². The van der Waals surface area contributed by atoms with Crippen LogP contribution in [0.2, 0.25) is 0 Å². The van der Waals surface area contributed by atoms with Crippen LogP contribution in [0.3, 0.4) is 0 Å². The Morgan fingerprint density at radius 2 is 0.768 bits per heavy atom. The summed E-state index contributed by atoms with van der Waals surface area (Å²) in [6.45, 7) is 10.6. The zero-order valence-corrected chi connectivity index (χ0v) is 33.9. The van der Waals surface area contributed by atoms with Gasteiger partial charge in [-0.05, 0) is 108 Å². The first-order valence-electron chi connectivity index (χ1n) is 17.9. The fourth-order valence-corrected chi connectivity index (χ4v) is 7.57. The van der Waals surface area contributed by atoms with Crippen LogP contribution in [0.1, 0.15) is 36.1 Å². The molecule has 0 aromatic heterocycles. The van der Waals surface area contributed by atoms with Gasteiger partial charge in [0.25, 0.3) is 0 Å². The van der Waals surface area contributed by atoms with Crippen molar-refractivity contribution in [2.45, 2.75) is 41.5 Å². The van der Waals surface area contributed by atoms with Gasteiger partial charge in [-0.2, -0.15) is 0 Å². The first-order chi connectivity index (χ1) is 26.8. The number of hydrogen-bond acceptors (Lipinski definition) is 10. The van der Waals surface area contributed by atoms with E-state index < -0.39 is 11.9 Å². The normalized spacial score (nSPS) is 11.0. The van der Waals surface area contributed by atoms with E-state index in [0.29, 0.717) is 56.4 Å². The van der Waals surface area contributed by atoms with Crippen LogP contribution in [-0.4, -0.2) is 54.6 Å². The van der Waals surface area contributed by atoms with Gasteiger partial charge in [-0.1, -0.05) is 12.1 Å². The summed E-state index contributed by atoms with van der Waals surface area (Å²) in [5.74, 6) is 2.62. The molecule has 0 radical (unpaired) electrons. The average Bonchev–Trinajstić information content (AvgIpc) is 3.16. The highest BCUT2D eigenvalue weighted by Crippen LogP contribution is 2.55. The van der Waals surface area contributed by atoms with Crippen molar-refractivity contribution in [3.05, 3.63) is 82.9 Å². The number of benzene rings is 6. The monoisotopic (exact) mass is 758 g/mol. The molecule has 56 heavy (non-hydrogen) atoms. The van der Waals surface area contributed by atoms with Gasteiger partial charge in [-0.25, -0.2) is 0 Å². The minimum atomic E-state index is -0.558. The molecule has 0 heterocycles. The molecule has 0 fully saturated rings. The summed E-state index contributed by atoms with van der Waals surface area (Å²) in [6, 6.07) is 19.2. The second-order valence-corrected chi connectivity index (χ2v) is 13.6. The number of methoxy groups -OCH3 is 6. The van der Waals surface area contributed by atoms with Crippen LogP contribution in [0, 0.1) is 27.7 Å². The van der Waals surface area contributed by atoms with Gasteiger partial charge >= 0.3 is 11.9 Å². The Hall–Kier alpha value is -6.42. The third-order valence-electron chi connectivity index (χ3n) is 9.81. The lowest BCUT2D eigenvalue weighted by Crippen LogP contribution is -2.08. The number of ether oxygens (including phenoxy) is 8. The molecular weight excluding hydrogens is 712 g/mol. The Bertz CT molecular complexity index is 2370. The summed E-state index contributed by atoms with van der Waals surface area (Å²) in [5.41, 5.74) is 7.48. The van der Waals surface area contributed by atoms with Crippen LogP contribution in [0.5, 0.6) is 46.0 Å². The topological polar surface area (TPSA) is 108 Å². The Labute approximate surface area is 326 Å². The van der Waals surface area contributed by atoms with E-state index in [2.05, 4.69) is 0 Å². The molecule has 0 unspecified atom stereocenters. The second kappa shape index (κ2) is 15.7. The number of fused-ring (bicyclic) bond motifs is 2. The molecule has 0 saturated heterocycles. The summed E-state index contributed by atoms with van der Waals surface area (Å²) in [6.07, 6.45) is 0. The summed E-state index contributed by atoms with van der Waals surface area (Å²) in [4.78, 5) is 26.3. The Kier molecular flexibility index (Phi) is 11.0. The van der Waals surface area contributed by atoms with Crippen molar-refractivity contribution in [1.82, 2.24) is 0 Å². The summed E-state index contributed by atoms with van der Waals surface area (Å²) in [5, 5.41) is 2.54. The Balaban J connectivity index is 1.94. The van der Waals surface area contributed by atoms with E-state index in [9.17, 15) is 9.59 Å². The van der Waals surface area contributed by atoms with Crippen LogP contribution in [-0.2, 0) is 9.59 Å². The van der Waals surface area contributed by atoms with Crippen molar-refractivity contribution >= 4 is 33.5 Å². The number of esters is 2. The van der Waals surface area contributed by atoms with E-state index in [4.69, 9.17) is 37.9 Å². The zero-order valence-electron chi connectivity index (χ0n) is 33.9. The third kappa shape index (κ3) is 6.98. The van der Waals surface area contributed by atoms with Crippen molar-refractivity contribution in [3.8, 4) is 79.4 Å². The SMILES string of the molecule is COc1cc(C)c(-c2cc(-c3cc(-c4c(C)cc(OC)cc4OC)c4cc(C)cc(OC)c4c3OC(C)=O)c(OC(C)=O)c3c(OC)cc(C)cc23)c(OC)c1. The van der Waals surface area contributed by atoms with E-state index in [1.165, 1.54) is 13.8 Å². The van der Waals surface area contributed by atoms with Gasteiger partial charge in [0, 0.05) is 48.2 Å². The third-order valence-corrected chi connectivity index (χ3v) is 9.81. The molecule has 6 rings (SSSR count). The van der Waals surface area contributed by atoms with Gasteiger partial charge < -0.3 is 37.9 Å². The van der Waals surface area contributed by atoms with Crippen LogP contribution in [0.15, 0.2) is 60.7 Å². The van der Waals surface area contributed by atoms with E-state index in [0.717, 1.165) is 55.3 Å². The molecule has 10 nitrogen and oxygen atoms in total. The van der Waals surface area contributed by atoms with Crippen molar-refractivity contribution in [2.75, 3.05) is 42.7 Å². The first kappa shape index (κ1) is 39.3. The van der Waals surface area contributed by atoms with Gasteiger partial charge in [-0.3, -0.25) is 9.59 Å². The lowest BCUT2D eigenvalue weighted by molar-refractivity contribution is -0.132. The predicted molar refractivity (Wildman–Crippen MR) is 219 cm³/mol. The largest absolute Gasteiger partial charge is 0.497 e. The van der Waals surface area contributed by atoms with Gasteiger partial charge in [0.1, 0.15) is 46.0 Å². The fraction of sp³-hybridized carbons (Fsp3) is 0.261. The molecular formula is C46H46O10. The minimum absolute atomic E-state index is 0.210. The van der Waals surface area contributed by atoms with Crippen molar-refractivity contribution < 1.29 is 47.5 Å². The summed E-state index contributed by atoms with van der Waals surface area (Å²) in [7, 11) is 9.56. The molecule has 290 valence electrons. The van der Waals surface area contributed by atoms with E-state index in [1.807, 2.05) is 88.4 Å². The summed E-state index contributed by atoms with van der Waals surface area (Å²) >= 11 is 0. The predicted octanol–water partition coefficient (Wildman–Crippen LogP) is 10.1. The van der Waals surface area contributed by atoms with E-state index in [-0.39, 0.29) is 11.5 Å². The molecule has 0 atom stereocenters. The van der Waals surface area contributed by atoms with Gasteiger partial charge in [-0.15, -0.1) is 0 Å². The van der Waals surface area contributed by atoms with Crippen LogP contribution in [0.25, 0.3) is 54.9 Å². The highest BCUT2D eigenvalue weighted by atomic mass is 16.5.